The highest BCUT2D eigenvalue weighted by molar-refractivity contribution is 8.01. The highest BCUT2D eigenvalue weighted by Crippen LogP contribution is 2.49. The summed E-state index contributed by atoms with van der Waals surface area (Å²) in [6.07, 6.45) is 5.45. The molecule has 4 rings (SSSR count). The van der Waals surface area contributed by atoms with E-state index in [-0.39, 0.29) is 5.91 Å². The lowest BCUT2D eigenvalue weighted by atomic mass is 9.84. The lowest BCUT2D eigenvalue weighted by Gasteiger charge is -2.28. The number of halogens is 1. The predicted octanol–water partition coefficient (Wildman–Crippen LogP) is 4.98. The Morgan fingerprint density at radius 2 is 2.33 bits per heavy atom. The molecule has 2 bridgehead atoms. The second-order valence-electron chi connectivity index (χ2n) is 7.08. The molecule has 128 valence electrons. The second-order valence-corrected chi connectivity index (χ2v) is 9.76. The van der Waals surface area contributed by atoms with Crippen LogP contribution in [0.4, 0.5) is 0 Å². The fourth-order valence-electron chi connectivity index (χ4n) is 4.38. The Hall–Kier alpha value is -0.780. The van der Waals surface area contributed by atoms with Crippen LogP contribution < -0.4 is 5.32 Å². The number of fused-ring (bicyclic) bond motifs is 3. The first-order valence-electron chi connectivity index (χ1n) is 8.57. The Bertz CT molecular complexity index is 763. The highest BCUT2D eigenvalue weighted by atomic mass is 35.5. The first kappa shape index (κ1) is 16.7. The molecule has 0 spiro atoms. The van der Waals surface area contributed by atoms with Gasteiger partial charge in [-0.3, -0.25) is 4.79 Å². The zero-order valence-corrected chi connectivity index (χ0v) is 16.0. The van der Waals surface area contributed by atoms with Crippen molar-refractivity contribution in [3.8, 4) is 0 Å². The van der Waals surface area contributed by atoms with Gasteiger partial charge in [0.15, 0.2) is 4.34 Å². The van der Waals surface area contributed by atoms with Crippen molar-refractivity contribution in [3.63, 3.8) is 0 Å². The third-order valence-corrected chi connectivity index (χ3v) is 7.89. The van der Waals surface area contributed by atoms with Gasteiger partial charge in [-0.1, -0.05) is 29.8 Å². The van der Waals surface area contributed by atoms with Crippen LogP contribution in [0.25, 0.3) is 10.2 Å². The summed E-state index contributed by atoms with van der Waals surface area (Å²) < 4.78 is 2.03. The fraction of sp³-hybridized carbons (Fsp3) is 0.556. The van der Waals surface area contributed by atoms with Crippen molar-refractivity contribution in [1.82, 2.24) is 10.3 Å². The Morgan fingerprint density at radius 1 is 1.46 bits per heavy atom. The van der Waals surface area contributed by atoms with Crippen LogP contribution in [0.3, 0.4) is 0 Å². The third-order valence-electron chi connectivity index (χ3n) is 5.48. The number of nitrogens with one attached hydrogen (secondary N) is 1. The van der Waals surface area contributed by atoms with Crippen molar-refractivity contribution < 1.29 is 4.79 Å². The Balaban J connectivity index is 1.31. The van der Waals surface area contributed by atoms with Gasteiger partial charge in [-0.15, -0.1) is 11.3 Å². The van der Waals surface area contributed by atoms with Crippen molar-refractivity contribution in [2.45, 2.75) is 43.0 Å². The molecule has 6 heteroatoms. The van der Waals surface area contributed by atoms with Crippen molar-refractivity contribution in [2.24, 2.45) is 17.8 Å². The van der Waals surface area contributed by atoms with Crippen LogP contribution in [0.2, 0.25) is 5.02 Å². The van der Waals surface area contributed by atoms with Crippen molar-refractivity contribution >= 4 is 50.8 Å². The highest BCUT2D eigenvalue weighted by Gasteiger charge is 2.42. The molecule has 2 fully saturated rings. The number of thiazole rings is 1. The fourth-order valence-corrected chi connectivity index (χ4v) is 6.40. The molecule has 1 heterocycles. The van der Waals surface area contributed by atoms with Crippen LogP contribution in [-0.4, -0.2) is 22.7 Å². The molecule has 0 aliphatic heterocycles. The minimum absolute atomic E-state index is 0.118. The van der Waals surface area contributed by atoms with Crippen LogP contribution in [0.5, 0.6) is 0 Å². The number of rotatable bonds is 5. The standard InChI is InChI=1S/C18H21ClN2OS2/c1-10(14-7-11-2-3-12(14)6-11)20-17(22)9-23-18-21-15-8-13(19)4-5-16(15)24-18/h4-5,8,10-12,14H,2-3,6-7,9H2,1H3,(H,20,22)/t10-,11-,12-,14+/m0/s1. The van der Waals surface area contributed by atoms with Gasteiger partial charge in [0.1, 0.15) is 0 Å². The van der Waals surface area contributed by atoms with Gasteiger partial charge in [0.05, 0.1) is 16.0 Å². The number of amides is 1. The van der Waals surface area contributed by atoms with E-state index < -0.39 is 0 Å². The van der Waals surface area contributed by atoms with E-state index >= 15 is 0 Å². The Morgan fingerprint density at radius 3 is 3.08 bits per heavy atom. The lowest BCUT2D eigenvalue weighted by Crippen LogP contribution is -2.40. The van der Waals surface area contributed by atoms with Crippen LogP contribution in [0, 0.1) is 17.8 Å². The smallest absolute Gasteiger partial charge is 0.230 e. The van der Waals surface area contributed by atoms with Gasteiger partial charge in [0, 0.05) is 11.1 Å². The van der Waals surface area contributed by atoms with Gasteiger partial charge in [-0.25, -0.2) is 4.98 Å². The first-order chi connectivity index (χ1) is 11.6. The quantitative estimate of drug-likeness (QED) is 0.743. The number of hydrogen-bond donors (Lipinski definition) is 1. The van der Waals surface area contributed by atoms with Crippen LogP contribution >= 0.6 is 34.7 Å². The molecule has 3 nitrogen and oxygen atoms in total. The maximum Gasteiger partial charge on any atom is 0.230 e. The molecule has 1 aromatic heterocycles. The maximum atomic E-state index is 12.3. The summed E-state index contributed by atoms with van der Waals surface area (Å²) in [7, 11) is 0. The predicted molar refractivity (Wildman–Crippen MR) is 102 cm³/mol. The SMILES string of the molecule is C[C@H](NC(=O)CSc1nc2cc(Cl)ccc2s1)[C@H]1C[C@H]2CC[C@H]1C2. The summed E-state index contributed by atoms with van der Waals surface area (Å²) in [6, 6.07) is 6.02. The van der Waals surface area contributed by atoms with Gasteiger partial charge in [-0.2, -0.15) is 0 Å². The number of hydrogen-bond acceptors (Lipinski definition) is 4. The molecule has 1 aromatic carbocycles. The zero-order chi connectivity index (χ0) is 16.7. The second kappa shape index (κ2) is 6.85. The number of nitrogens with zero attached hydrogens (tertiary/aromatic N) is 1. The molecule has 2 aliphatic carbocycles. The normalized spacial score (nSPS) is 26.8. The van der Waals surface area contributed by atoms with Gasteiger partial charge in [-0.05, 0) is 62.1 Å². The number of benzene rings is 1. The zero-order valence-electron chi connectivity index (χ0n) is 13.6. The van der Waals surface area contributed by atoms with Crippen molar-refractivity contribution in [1.29, 1.82) is 0 Å². The van der Waals surface area contributed by atoms with Crippen LogP contribution in [0.15, 0.2) is 22.5 Å². The topological polar surface area (TPSA) is 42.0 Å². The number of thioether (sulfide) groups is 1. The molecule has 24 heavy (non-hydrogen) atoms. The molecular weight excluding hydrogens is 360 g/mol. The van der Waals surface area contributed by atoms with E-state index in [1.165, 1.54) is 37.4 Å². The van der Waals surface area contributed by atoms with Crippen LogP contribution in [-0.2, 0) is 4.79 Å². The average molecular weight is 381 g/mol. The maximum absolute atomic E-state index is 12.3. The van der Waals surface area contributed by atoms with Gasteiger partial charge >= 0.3 is 0 Å². The summed E-state index contributed by atoms with van der Waals surface area (Å²) in [6.45, 7) is 2.17. The molecule has 4 atom stereocenters. The monoisotopic (exact) mass is 380 g/mol. The summed E-state index contributed by atoms with van der Waals surface area (Å²) in [5.41, 5.74) is 0.908. The van der Waals surface area contributed by atoms with Crippen molar-refractivity contribution in [3.05, 3.63) is 23.2 Å². The molecule has 0 unspecified atom stereocenters. The molecule has 2 aromatic rings. The van der Waals surface area contributed by atoms with E-state index in [1.807, 2.05) is 18.2 Å². The largest absolute Gasteiger partial charge is 0.353 e. The number of carbonyl (C=O) groups is 1. The van der Waals surface area contributed by atoms with E-state index in [4.69, 9.17) is 11.6 Å². The molecule has 0 radical (unpaired) electrons. The van der Waals surface area contributed by atoms with Gasteiger partial charge in [0.2, 0.25) is 5.91 Å². The van der Waals surface area contributed by atoms with E-state index in [0.717, 1.165) is 26.4 Å². The minimum atomic E-state index is 0.118. The van der Waals surface area contributed by atoms with Crippen LogP contribution in [0.1, 0.15) is 32.6 Å². The molecule has 1 amide bonds. The van der Waals surface area contributed by atoms with Crippen molar-refractivity contribution in [2.75, 3.05) is 5.75 Å². The minimum Gasteiger partial charge on any atom is -0.353 e. The summed E-state index contributed by atoms with van der Waals surface area (Å²) >= 11 is 9.12. The van der Waals surface area contributed by atoms with Gasteiger partial charge in [0.25, 0.3) is 0 Å². The Labute approximate surface area is 155 Å². The van der Waals surface area contributed by atoms with E-state index in [1.54, 1.807) is 11.3 Å². The molecule has 1 N–H and O–H groups in total. The Kier molecular flexibility index (Phi) is 4.76. The first-order valence-corrected chi connectivity index (χ1v) is 10.7. The summed E-state index contributed by atoms with van der Waals surface area (Å²) in [4.78, 5) is 16.8. The third kappa shape index (κ3) is 3.44. The molecule has 2 aliphatic rings. The van der Waals surface area contributed by atoms with E-state index in [0.29, 0.717) is 22.7 Å². The van der Waals surface area contributed by atoms with E-state index in [9.17, 15) is 4.79 Å². The van der Waals surface area contributed by atoms with E-state index in [2.05, 4.69) is 17.2 Å². The van der Waals surface area contributed by atoms with Gasteiger partial charge < -0.3 is 5.32 Å². The lowest BCUT2D eigenvalue weighted by molar-refractivity contribution is -0.119. The summed E-state index contributed by atoms with van der Waals surface area (Å²) in [5, 5.41) is 3.91. The molecule has 2 saturated carbocycles. The molecular formula is C18H21ClN2OS2. The average Bonchev–Trinajstić information content (AvgIpc) is 3.27. The number of aromatic nitrogens is 1. The number of carbonyl (C=O) groups excluding carboxylic acids is 1. The summed E-state index contributed by atoms with van der Waals surface area (Å²) in [5.74, 6) is 2.99. The molecule has 0 saturated heterocycles.